The smallest absolute Gasteiger partial charge is 0.176 e. The van der Waals surface area contributed by atoms with Crippen molar-refractivity contribution in [2.45, 2.75) is 45.3 Å². The number of aryl methyl sites for hydroxylation is 1. The maximum absolute atomic E-state index is 5.53. The number of rotatable bonds is 7. The van der Waals surface area contributed by atoms with Crippen molar-refractivity contribution in [2.75, 3.05) is 13.7 Å². The lowest BCUT2D eigenvalue weighted by molar-refractivity contribution is -0.0105. The highest BCUT2D eigenvalue weighted by molar-refractivity contribution is 4.93. The molecule has 1 atom stereocenters. The molecule has 17 heavy (non-hydrogen) atoms. The van der Waals surface area contributed by atoms with Gasteiger partial charge in [0.15, 0.2) is 5.82 Å². The molecule has 0 radical (unpaired) electrons. The zero-order valence-electron chi connectivity index (χ0n) is 11.4. The van der Waals surface area contributed by atoms with Gasteiger partial charge >= 0.3 is 0 Å². The molecule has 1 aromatic heterocycles. The van der Waals surface area contributed by atoms with Gasteiger partial charge in [0.1, 0.15) is 0 Å². The molecular weight excluding hydrogens is 218 g/mol. The van der Waals surface area contributed by atoms with Crippen LogP contribution in [0.15, 0.2) is 0 Å². The second-order valence-corrected chi connectivity index (χ2v) is 4.71. The minimum atomic E-state index is -0.256. The zero-order valence-corrected chi connectivity index (χ0v) is 11.4. The number of tetrazole rings is 1. The maximum Gasteiger partial charge on any atom is 0.176 e. The van der Waals surface area contributed by atoms with Crippen LogP contribution in [0.3, 0.4) is 0 Å². The summed E-state index contributed by atoms with van der Waals surface area (Å²) in [7, 11) is 3.50. The van der Waals surface area contributed by atoms with Crippen LogP contribution in [0.4, 0.5) is 0 Å². The molecular formula is C11H23N5O. The molecule has 6 heteroatoms. The number of aromatic nitrogens is 4. The molecule has 0 spiro atoms. The summed E-state index contributed by atoms with van der Waals surface area (Å²) in [5.74, 6) is 0.742. The van der Waals surface area contributed by atoms with Gasteiger partial charge in [-0.25, -0.2) is 0 Å². The monoisotopic (exact) mass is 241 g/mol. The first-order chi connectivity index (χ1) is 7.99. The van der Waals surface area contributed by atoms with Gasteiger partial charge in [0, 0.05) is 19.6 Å². The van der Waals surface area contributed by atoms with Crippen LogP contribution in [0, 0.1) is 0 Å². The minimum Gasteiger partial charge on any atom is -0.377 e. The average molecular weight is 241 g/mol. The first kappa shape index (κ1) is 14.1. The molecule has 1 unspecified atom stereocenters. The predicted molar refractivity (Wildman–Crippen MR) is 65.7 cm³/mol. The van der Waals surface area contributed by atoms with Crippen LogP contribution in [0.2, 0.25) is 0 Å². The second kappa shape index (κ2) is 6.07. The molecule has 0 saturated carbocycles. The van der Waals surface area contributed by atoms with Gasteiger partial charge in [-0.05, 0) is 32.0 Å². The molecule has 0 amide bonds. The van der Waals surface area contributed by atoms with Crippen molar-refractivity contribution in [1.29, 1.82) is 0 Å². The van der Waals surface area contributed by atoms with E-state index in [1.54, 1.807) is 14.2 Å². The Balaban J connectivity index is 2.69. The lowest BCUT2D eigenvalue weighted by Crippen LogP contribution is -2.49. The van der Waals surface area contributed by atoms with E-state index >= 15 is 0 Å². The highest BCUT2D eigenvalue weighted by atomic mass is 16.5. The summed E-state index contributed by atoms with van der Waals surface area (Å²) in [6.07, 6.45) is 1.80. The van der Waals surface area contributed by atoms with E-state index in [2.05, 4.69) is 41.5 Å². The average Bonchev–Trinajstić information content (AvgIpc) is 2.70. The maximum atomic E-state index is 5.53. The largest absolute Gasteiger partial charge is 0.377 e. The van der Waals surface area contributed by atoms with E-state index in [-0.39, 0.29) is 11.6 Å². The van der Waals surface area contributed by atoms with Gasteiger partial charge in [-0.15, -0.1) is 10.2 Å². The van der Waals surface area contributed by atoms with E-state index in [9.17, 15) is 0 Å². The molecule has 1 N–H and O–H groups in total. The number of nitrogens with zero attached hydrogens (tertiary/aromatic N) is 4. The molecule has 0 aromatic carbocycles. The molecule has 0 aliphatic rings. The summed E-state index contributed by atoms with van der Waals surface area (Å²) in [6, 6.07) is 0.177. The Hall–Kier alpha value is -1.01. The topological polar surface area (TPSA) is 64.9 Å². The number of hydrogen-bond acceptors (Lipinski definition) is 5. The number of hydrogen-bond donors (Lipinski definition) is 1. The predicted octanol–water partition coefficient (Wildman–Crippen LogP) is 0.546. The summed E-state index contributed by atoms with van der Waals surface area (Å²) < 4.78 is 5.53. The zero-order chi connectivity index (χ0) is 12.9. The van der Waals surface area contributed by atoms with Crippen LogP contribution in [0.5, 0.6) is 0 Å². The first-order valence-corrected chi connectivity index (χ1v) is 6.01. The molecule has 1 heterocycles. The highest BCUT2D eigenvalue weighted by Gasteiger charge is 2.30. The van der Waals surface area contributed by atoms with Gasteiger partial charge in [0.25, 0.3) is 0 Å². The van der Waals surface area contributed by atoms with Crippen LogP contribution in [-0.2, 0) is 18.2 Å². The van der Waals surface area contributed by atoms with Gasteiger partial charge in [0.05, 0.1) is 12.6 Å². The SMILES string of the molecule is CCCNC(Cc1nnn(C)n1)C(C)(C)OC. The van der Waals surface area contributed by atoms with Crippen LogP contribution in [-0.4, -0.2) is 45.5 Å². The summed E-state index contributed by atoms with van der Waals surface area (Å²) >= 11 is 0. The Morgan fingerprint density at radius 1 is 1.47 bits per heavy atom. The summed E-state index contributed by atoms with van der Waals surface area (Å²) in [5, 5.41) is 15.5. The molecule has 0 aliphatic carbocycles. The van der Waals surface area contributed by atoms with E-state index < -0.39 is 0 Å². The first-order valence-electron chi connectivity index (χ1n) is 6.01. The molecule has 0 saturated heterocycles. The normalized spacial score (nSPS) is 13.9. The highest BCUT2D eigenvalue weighted by Crippen LogP contribution is 2.16. The Morgan fingerprint density at radius 3 is 2.65 bits per heavy atom. The van der Waals surface area contributed by atoms with Crippen molar-refractivity contribution < 1.29 is 4.74 Å². The Morgan fingerprint density at radius 2 is 2.18 bits per heavy atom. The van der Waals surface area contributed by atoms with Crippen molar-refractivity contribution in [3.8, 4) is 0 Å². The summed E-state index contributed by atoms with van der Waals surface area (Å²) in [5.41, 5.74) is -0.256. The molecule has 0 fully saturated rings. The summed E-state index contributed by atoms with van der Waals surface area (Å²) in [6.45, 7) is 7.23. The van der Waals surface area contributed by atoms with Crippen molar-refractivity contribution in [1.82, 2.24) is 25.5 Å². The Bertz CT molecular complexity index is 336. The van der Waals surface area contributed by atoms with Crippen LogP contribution >= 0.6 is 0 Å². The van der Waals surface area contributed by atoms with Crippen molar-refractivity contribution in [2.24, 2.45) is 7.05 Å². The van der Waals surface area contributed by atoms with E-state index in [0.29, 0.717) is 6.42 Å². The van der Waals surface area contributed by atoms with Gasteiger partial charge in [-0.1, -0.05) is 6.92 Å². The van der Waals surface area contributed by atoms with Crippen molar-refractivity contribution in [3.63, 3.8) is 0 Å². The number of nitrogens with one attached hydrogen (secondary N) is 1. The third-order valence-corrected chi connectivity index (χ3v) is 2.94. The Kier molecular flexibility index (Phi) is 5.02. The van der Waals surface area contributed by atoms with Gasteiger partial charge < -0.3 is 10.1 Å². The number of methoxy groups -OCH3 is 1. The molecule has 6 nitrogen and oxygen atoms in total. The van der Waals surface area contributed by atoms with E-state index in [4.69, 9.17) is 4.74 Å². The van der Waals surface area contributed by atoms with E-state index in [1.165, 1.54) is 4.80 Å². The lowest BCUT2D eigenvalue weighted by Gasteiger charge is -2.33. The van der Waals surface area contributed by atoms with Gasteiger partial charge in [0.2, 0.25) is 0 Å². The Labute approximate surface area is 103 Å². The standard InChI is InChI=1S/C11H23N5O/c1-6-7-12-9(11(2,3)17-5)8-10-13-15-16(4)14-10/h9,12H,6-8H2,1-5H3. The minimum absolute atomic E-state index is 0.177. The fraction of sp³-hybridized carbons (Fsp3) is 0.909. The van der Waals surface area contributed by atoms with Crippen LogP contribution in [0.25, 0.3) is 0 Å². The van der Waals surface area contributed by atoms with Gasteiger partial charge in [-0.3, -0.25) is 0 Å². The molecule has 0 aliphatic heterocycles. The third kappa shape index (κ3) is 4.05. The van der Waals surface area contributed by atoms with Crippen molar-refractivity contribution >= 4 is 0 Å². The fourth-order valence-corrected chi connectivity index (χ4v) is 1.61. The lowest BCUT2D eigenvalue weighted by atomic mass is 9.95. The van der Waals surface area contributed by atoms with Crippen LogP contribution in [0.1, 0.15) is 33.0 Å². The molecule has 1 rings (SSSR count). The quantitative estimate of drug-likeness (QED) is 0.755. The van der Waals surface area contributed by atoms with E-state index in [1.807, 2.05) is 0 Å². The molecule has 98 valence electrons. The van der Waals surface area contributed by atoms with Crippen LogP contribution < -0.4 is 5.32 Å². The third-order valence-electron chi connectivity index (χ3n) is 2.94. The van der Waals surface area contributed by atoms with Crippen molar-refractivity contribution in [3.05, 3.63) is 5.82 Å². The fourth-order valence-electron chi connectivity index (χ4n) is 1.61. The van der Waals surface area contributed by atoms with E-state index in [0.717, 1.165) is 18.8 Å². The van der Waals surface area contributed by atoms with Gasteiger partial charge in [-0.2, -0.15) is 4.80 Å². The molecule has 1 aromatic rings. The second-order valence-electron chi connectivity index (χ2n) is 4.71. The summed E-state index contributed by atoms with van der Waals surface area (Å²) in [4.78, 5) is 1.48. The molecule has 0 bridgehead atoms. The number of ether oxygens (including phenoxy) is 1.